The fourth-order valence-corrected chi connectivity index (χ4v) is 3.28. The molecule has 1 aromatic heterocycles. The van der Waals surface area contributed by atoms with E-state index >= 15 is 0 Å². The largest absolute Gasteiger partial charge is 0.478 e. The van der Waals surface area contributed by atoms with Crippen molar-refractivity contribution < 1.29 is 14.6 Å². The molecule has 0 aromatic carbocycles. The first-order chi connectivity index (χ1) is 9.69. The van der Waals surface area contributed by atoms with Crippen molar-refractivity contribution in [2.45, 2.75) is 32.4 Å². The molecule has 1 aliphatic rings. The van der Waals surface area contributed by atoms with Gasteiger partial charge in [-0.25, -0.2) is 4.79 Å². The number of nitrogens with zero attached hydrogens (tertiary/aromatic N) is 1. The van der Waals surface area contributed by atoms with E-state index in [1.54, 1.807) is 17.4 Å². The molecule has 1 aliphatic heterocycles. The van der Waals surface area contributed by atoms with Crippen molar-refractivity contribution in [3.05, 3.63) is 28.0 Å². The molecule has 110 valence electrons. The van der Waals surface area contributed by atoms with Crippen LogP contribution >= 0.6 is 11.3 Å². The number of hydrogen-bond acceptors (Lipinski definition) is 4. The highest BCUT2D eigenvalue weighted by Gasteiger charge is 2.19. The summed E-state index contributed by atoms with van der Waals surface area (Å²) in [6.45, 7) is 5.81. The number of aliphatic carboxylic acids is 1. The molecule has 0 radical (unpaired) electrons. The number of carboxylic acids is 1. The summed E-state index contributed by atoms with van der Waals surface area (Å²) < 4.78 is 5.68. The SMILES string of the molecule is CCN(Cc1sccc1C=CC(=O)O)CC1CCCO1. The first-order valence-electron chi connectivity index (χ1n) is 7.00. The molecule has 0 amide bonds. The van der Waals surface area contributed by atoms with Crippen LogP contribution in [0.4, 0.5) is 0 Å². The van der Waals surface area contributed by atoms with E-state index in [0.717, 1.165) is 44.6 Å². The van der Waals surface area contributed by atoms with Crippen LogP contribution < -0.4 is 0 Å². The van der Waals surface area contributed by atoms with Crippen LogP contribution in [-0.2, 0) is 16.1 Å². The molecule has 4 nitrogen and oxygen atoms in total. The lowest BCUT2D eigenvalue weighted by Crippen LogP contribution is -2.31. The van der Waals surface area contributed by atoms with Gasteiger partial charge in [0.15, 0.2) is 0 Å². The molecular weight excluding hydrogens is 274 g/mol. The Kier molecular flexibility index (Phi) is 5.76. The van der Waals surface area contributed by atoms with Crippen LogP contribution in [0.1, 0.15) is 30.2 Å². The lowest BCUT2D eigenvalue weighted by molar-refractivity contribution is -0.131. The zero-order chi connectivity index (χ0) is 14.4. The molecule has 5 heteroatoms. The predicted octanol–water partition coefficient (Wildman–Crippen LogP) is 2.85. The molecule has 0 bridgehead atoms. The summed E-state index contributed by atoms with van der Waals surface area (Å²) in [5, 5.41) is 10.7. The third-order valence-corrected chi connectivity index (χ3v) is 4.41. The zero-order valence-corrected chi connectivity index (χ0v) is 12.6. The van der Waals surface area contributed by atoms with E-state index in [1.165, 1.54) is 11.0 Å². The van der Waals surface area contributed by atoms with Crippen LogP contribution in [-0.4, -0.2) is 41.8 Å². The van der Waals surface area contributed by atoms with Crippen molar-refractivity contribution in [2.24, 2.45) is 0 Å². The number of carbonyl (C=O) groups is 1. The van der Waals surface area contributed by atoms with Crippen molar-refractivity contribution in [1.29, 1.82) is 0 Å². The molecule has 1 fully saturated rings. The Morgan fingerprint density at radius 2 is 2.50 bits per heavy atom. The quantitative estimate of drug-likeness (QED) is 0.786. The summed E-state index contributed by atoms with van der Waals surface area (Å²) in [6.07, 6.45) is 5.53. The average molecular weight is 295 g/mol. The molecule has 2 rings (SSSR count). The standard InChI is InChI=1S/C15H21NO3S/c1-2-16(10-13-4-3-8-19-13)11-14-12(7-9-20-14)5-6-15(17)18/h5-7,9,13H,2-4,8,10-11H2,1H3,(H,17,18). The second-order valence-electron chi connectivity index (χ2n) is 4.93. The van der Waals surface area contributed by atoms with E-state index in [2.05, 4.69) is 11.8 Å². The van der Waals surface area contributed by atoms with Gasteiger partial charge in [0.25, 0.3) is 0 Å². The van der Waals surface area contributed by atoms with Gasteiger partial charge >= 0.3 is 5.97 Å². The molecule has 1 N–H and O–H groups in total. The molecule has 20 heavy (non-hydrogen) atoms. The van der Waals surface area contributed by atoms with Gasteiger partial charge in [-0.3, -0.25) is 4.90 Å². The number of carboxylic acid groups (broad SMARTS) is 1. The van der Waals surface area contributed by atoms with Crippen molar-refractivity contribution in [2.75, 3.05) is 19.7 Å². The van der Waals surface area contributed by atoms with E-state index in [4.69, 9.17) is 9.84 Å². The summed E-state index contributed by atoms with van der Waals surface area (Å²) in [6, 6.07) is 1.97. The van der Waals surface area contributed by atoms with Gasteiger partial charge < -0.3 is 9.84 Å². The number of hydrogen-bond donors (Lipinski definition) is 1. The highest BCUT2D eigenvalue weighted by molar-refractivity contribution is 7.10. The minimum Gasteiger partial charge on any atom is -0.478 e. The molecule has 0 aliphatic carbocycles. The Morgan fingerprint density at radius 1 is 1.65 bits per heavy atom. The predicted molar refractivity (Wildman–Crippen MR) is 80.9 cm³/mol. The van der Waals surface area contributed by atoms with Gasteiger partial charge in [-0.1, -0.05) is 6.92 Å². The van der Waals surface area contributed by atoms with E-state index in [0.29, 0.717) is 6.10 Å². The highest BCUT2D eigenvalue weighted by Crippen LogP contribution is 2.22. The Hall–Kier alpha value is -1.17. The Bertz CT molecular complexity index is 463. The Labute approximate surface area is 123 Å². The third-order valence-electron chi connectivity index (χ3n) is 3.49. The molecule has 0 saturated carbocycles. The third kappa shape index (κ3) is 4.44. The maximum absolute atomic E-state index is 10.6. The summed E-state index contributed by atoms with van der Waals surface area (Å²) in [5.41, 5.74) is 1.00. The van der Waals surface area contributed by atoms with Crippen LogP contribution in [0.5, 0.6) is 0 Å². The first kappa shape index (κ1) is 15.2. The normalized spacial score (nSPS) is 19.2. The second-order valence-corrected chi connectivity index (χ2v) is 5.93. The van der Waals surface area contributed by atoms with Crippen molar-refractivity contribution in [3.8, 4) is 0 Å². The van der Waals surface area contributed by atoms with Crippen LogP contribution in [0.25, 0.3) is 6.08 Å². The number of likely N-dealkylation sites (N-methyl/N-ethyl adjacent to an activating group) is 1. The maximum Gasteiger partial charge on any atom is 0.328 e. The minimum absolute atomic E-state index is 0.355. The van der Waals surface area contributed by atoms with Gasteiger partial charge in [-0.05, 0) is 42.5 Å². The van der Waals surface area contributed by atoms with Crippen LogP contribution in [0.3, 0.4) is 0 Å². The summed E-state index contributed by atoms with van der Waals surface area (Å²) >= 11 is 1.68. The van der Waals surface area contributed by atoms with Crippen LogP contribution in [0.2, 0.25) is 0 Å². The Balaban J connectivity index is 1.96. The van der Waals surface area contributed by atoms with Crippen molar-refractivity contribution >= 4 is 23.4 Å². The van der Waals surface area contributed by atoms with Crippen LogP contribution in [0, 0.1) is 0 Å². The molecule has 1 saturated heterocycles. The fourth-order valence-electron chi connectivity index (χ4n) is 2.37. The molecular formula is C15H21NO3S. The van der Waals surface area contributed by atoms with E-state index in [1.807, 2.05) is 11.4 Å². The van der Waals surface area contributed by atoms with Crippen molar-refractivity contribution in [3.63, 3.8) is 0 Å². The summed E-state index contributed by atoms with van der Waals surface area (Å²) in [4.78, 5) is 14.2. The van der Waals surface area contributed by atoms with Gasteiger partial charge in [0.2, 0.25) is 0 Å². The topological polar surface area (TPSA) is 49.8 Å². The average Bonchev–Trinajstić information content (AvgIpc) is 3.07. The number of rotatable bonds is 7. The summed E-state index contributed by atoms with van der Waals surface area (Å²) in [5.74, 6) is -0.908. The van der Waals surface area contributed by atoms with Gasteiger partial charge in [0.05, 0.1) is 6.10 Å². The molecule has 2 heterocycles. The molecule has 1 atom stereocenters. The minimum atomic E-state index is -0.908. The first-order valence-corrected chi connectivity index (χ1v) is 7.88. The highest BCUT2D eigenvalue weighted by atomic mass is 32.1. The molecule has 1 unspecified atom stereocenters. The maximum atomic E-state index is 10.6. The fraction of sp³-hybridized carbons (Fsp3) is 0.533. The van der Waals surface area contributed by atoms with E-state index in [-0.39, 0.29) is 0 Å². The van der Waals surface area contributed by atoms with E-state index < -0.39 is 5.97 Å². The monoisotopic (exact) mass is 295 g/mol. The zero-order valence-electron chi connectivity index (χ0n) is 11.7. The lowest BCUT2D eigenvalue weighted by atomic mass is 10.2. The van der Waals surface area contributed by atoms with Gasteiger partial charge in [0.1, 0.15) is 0 Å². The second kappa shape index (κ2) is 7.57. The number of ether oxygens (including phenoxy) is 1. The molecule has 0 spiro atoms. The van der Waals surface area contributed by atoms with Gasteiger partial charge in [-0.2, -0.15) is 0 Å². The van der Waals surface area contributed by atoms with E-state index in [9.17, 15) is 4.79 Å². The molecule has 1 aromatic rings. The Morgan fingerprint density at radius 3 is 3.15 bits per heavy atom. The lowest BCUT2D eigenvalue weighted by Gasteiger charge is -2.23. The van der Waals surface area contributed by atoms with Gasteiger partial charge in [0, 0.05) is 30.6 Å². The smallest absolute Gasteiger partial charge is 0.328 e. The number of thiophene rings is 1. The van der Waals surface area contributed by atoms with Crippen LogP contribution in [0.15, 0.2) is 17.5 Å². The van der Waals surface area contributed by atoms with Gasteiger partial charge in [-0.15, -0.1) is 11.3 Å². The summed E-state index contributed by atoms with van der Waals surface area (Å²) in [7, 11) is 0. The van der Waals surface area contributed by atoms with Crippen molar-refractivity contribution in [1.82, 2.24) is 4.90 Å².